The number of urea groups is 1. The minimum Gasteiger partial charge on any atom is -0.335 e. The van der Waals surface area contributed by atoms with Crippen LogP contribution in [0.4, 0.5) is 4.79 Å². The Morgan fingerprint density at radius 1 is 1.42 bits per heavy atom. The highest BCUT2D eigenvalue weighted by molar-refractivity contribution is 7.99. The zero-order valence-corrected chi connectivity index (χ0v) is 14.7. The van der Waals surface area contributed by atoms with Crippen molar-refractivity contribution in [3.8, 4) is 5.69 Å². The Labute approximate surface area is 149 Å². The number of thioether (sulfide) groups is 1. The first kappa shape index (κ1) is 16.9. The van der Waals surface area contributed by atoms with E-state index < -0.39 is 6.03 Å². The maximum absolute atomic E-state index is 11.9. The number of rotatable bonds is 5. The summed E-state index contributed by atoms with van der Waals surface area (Å²) >= 11 is 7.43. The molecule has 24 heavy (non-hydrogen) atoms. The fourth-order valence-electron chi connectivity index (χ4n) is 2.18. The third kappa shape index (κ3) is 4.10. The van der Waals surface area contributed by atoms with Gasteiger partial charge in [-0.1, -0.05) is 29.4 Å². The summed E-state index contributed by atoms with van der Waals surface area (Å²) in [7, 11) is 0. The number of hydrogen-bond acceptors (Lipinski definition) is 4. The van der Waals surface area contributed by atoms with Gasteiger partial charge in [0.1, 0.15) is 0 Å². The summed E-state index contributed by atoms with van der Waals surface area (Å²) in [6.45, 7) is 1.93. The number of benzene rings is 1. The van der Waals surface area contributed by atoms with Crippen LogP contribution in [0.15, 0.2) is 35.7 Å². The molecule has 0 aliphatic heterocycles. The molecule has 1 aromatic carbocycles. The van der Waals surface area contributed by atoms with E-state index in [1.54, 1.807) is 6.20 Å². The lowest BCUT2D eigenvalue weighted by molar-refractivity contribution is -0.117. The van der Waals surface area contributed by atoms with Gasteiger partial charge in [-0.2, -0.15) is 0 Å². The number of carbonyl (C=O) groups excluding carboxylic acids is 2. The highest BCUT2D eigenvalue weighted by atomic mass is 35.5. The molecule has 2 N–H and O–H groups in total. The average Bonchev–Trinajstić information content (AvgIpc) is 3.22. The van der Waals surface area contributed by atoms with E-state index in [1.165, 1.54) is 11.8 Å². The smallest absolute Gasteiger partial charge is 0.321 e. The lowest BCUT2D eigenvalue weighted by Crippen LogP contribution is -2.41. The fraction of sp³-hybridized carbons (Fsp3) is 0.312. The quantitative estimate of drug-likeness (QED) is 0.800. The highest BCUT2D eigenvalue weighted by Gasteiger charge is 2.24. The Morgan fingerprint density at radius 3 is 2.96 bits per heavy atom. The van der Waals surface area contributed by atoms with Crippen molar-refractivity contribution in [2.45, 2.75) is 31.0 Å². The van der Waals surface area contributed by atoms with Gasteiger partial charge < -0.3 is 5.32 Å². The van der Waals surface area contributed by atoms with Crippen molar-refractivity contribution in [3.05, 3.63) is 41.2 Å². The van der Waals surface area contributed by atoms with Crippen molar-refractivity contribution in [2.75, 3.05) is 5.75 Å². The summed E-state index contributed by atoms with van der Waals surface area (Å²) in [5.41, 5.74) is 1.85. The lowest BCUT2D eigenvalue weighted by atomic mass is 10.2. The Morgan fingerprint density at radius 2 is 2.21 bits per heavy atom. The highest BCUT2D eigenvalue weighted by Crippen LogP contribution is 2.26. The molecular formula is C16H17ClN4O2S. The number of halogens is 1. The van der Waals surface area contributed by atoms with E-state index in [1.807, 2.05) is 35.9 Å². The number of nitrogens with one attached hydrogen (secondary N) is 2. The molecule has 1 aromatic heterocycles. The molecule has 0 spiro atoms. The summed E-state index contributed by atoms with van der Waals surface area (Å²) in [4.78, 5) is 27.7. The Balaban J connectivity index is 1.62. The summed E-state index contributed by atoms with van der Waals surface area (Å²) in [6, 6.07) is 5.42. The summed E-state index contributed by atoms with van der Waals surface area (Å²) in [6.07, 6.45) is 5.44. The molecule has 1 aliphatic rings. The number of nitrogens with zero attached hydrogens (tertiary/aromatic N) is 2. The van der Waals surface area contributed by atoms with E-state index in [-0.39, 0.29) is 17.7 Å². The van der Waals surface area contributed by atoms with Crippen LogP contribution in [0.2, 0.25) is 5.02 Å². The van der Waals surface area contributed by atoms with Gasteiger partial charge in [-0.05, 0) is 37.5 Å². The molecule has 3 amide bonds. The molecule has 2 aromatic rings. The Bertz CT molecular complexity index is 773. The maximum atomic E-state index is 11.9. The monoisotopic (exact) mass is 364 g/mol. The number of carbonyl (C=O) groups is 2. The zero-order chi connectivity index (χ0) is 17.1. The second kappa shape index (κ2) is 7.27. The van der Waals surface area contributed by atoms with Crippen molar-refractivity contribution in [1.29, 1.82) is 0 Å². The summed E-state index contributed by atoms with van der Waals surface area (Å²) in [5, 5.41) is 6.38. The van der Waals surface area contributed by atoms with Gasteiger partial charge in [0.05, 0.1) is 11.4 Å². The van der Waals surface area contributed by atoms with E-state index in [0.717, 1.165) is 24.1 Å². The van der Waals surface area contributed by atoms with Gasteiger partial charge in [0, 0.05) is 23.5 Å². The molecule has 0 unspecified atom stereocenters. The third-order valence-corrected chi connectivity index (χ3v) is 4.98. The summed E-state index contributed by atoms with van der Waals surface area (Å²) in [5.74, 6) is -0.246. The largest absolute Gasteiger partial charge is 0.335 e. The predicted octanol–water partition coefficient (Wildman–Crippen LogP) is 2.91. The molecule has 0 radical (unpaired) electrons. The molecule has 6 nitrogen and oxygen atoms in total. The van der Waals surface area contributed by atoms with Crippen LogP contribution in [0.5, 0.6) is 0 Å². The maximum Gasteiger partial charge on any atom is 0.321 e. The number of aromatic nitrogens is 2. The Hall–Kier alpha value is -1.99. The van der Waals surface area contributed by atoms with E-state index in [2.05, 4.69) is 15.6 Å². The molecule has 1 aliphatic carbocycles. The predicted molar refractivity (Wildman–Crippen MR) is 93.7 cm³/mol. The Kier molecular flexibility index (Phi) is 5.11. The van der Waals surface area contributed by atoms with Crippen LogP contribution in [-0.2, 0) is 4.79 Å². The van der Waals surface area contributed by atoms with Crippen molar-refractivity contribution < 1.29 is 9.59 Å². The van der Waals surface area contributed by atoms with E-state index in [0.29, 0.717) is 10.2 Å². The van der Waals surface area contributed by atoms with Crippen LogP contribution in [0.25, 0.3) is 5.69 Å². The fourth-order valence-corrected chi connectivity index (χ4v) is 3.11. The topological polar surface area (TPSA) is 76.0 Å². The summed E-state index contributed by atoms with van der Waals surface area (Å²) < 4.78 is 1.88. The number of imidazole rings is 1. The van der Waals surface area contributed by atoms with Gasteiger partial charge in [-0.3, -0.25) is 14.7 Å². The van der Waals surface area contributed by atoms with Gasteiger partial charge in [-0.25, -0.2) is 9.78 Å². The minimum absolute atomic E-state index is 0.106. The number of imide groups is 1. The van der Waals surface area contributed by atoms with Crippen LogP contribution in [-0.4, -0.2) is 33.3 Å². The van der Waals surface area contributed by atoms with Gasteiger partial charge in [0.25, 0.3) is 0 Å². The minimum atomic E-state index is -0.433. The molecule has 0 saturated heterocycles. The molecule has 3 rings (SSSR count). The van der Waals surface area contributed by atoms with E-state index >= 15 is 0 Å². The van der Waals surface area contributed by atoms with Crippen molar-refractivity contribution >= 4 is 35.3 Å². The molecule has 1 heterocycles. The first-order valence-corrected chi connectivity index (χ1v) is 8.93. The second-order valence-corrected chi connectivity index (χ2v) is 6.90. The molecular weight excluding hydrogens is 348 g/mol. The van der Waals surface area contributed by atoms with E-state index in [9.17, 15) is 9.59 Å². The first-order valence-electron chi connectivity index (χ1n) is 7.56. The van der Waals surface area contributed by atoms with E-state index in [4.69, 9.17) is 11.6 Å². The van der Waals surface area contributed by atoms with Crippen molar-refractivity contribution in [2.24, 2.45) is 0 Å². The van der Waals surface area contributed by atoms with Crippen LogP contribution < -0.4 is 10.6 Å². The standard InChI is InChI=1S/C16H17ClN4O2S/c1-10-12(17)3-2-4-13(10)21-8-7-18-16(21)24-9-14(22)20-15(23)19-11-5-6-11/h2-4,7-8,11H,5-6,9H2,1H3,(H2,19,20,22,23). The van der Waals surface area contributed by atoms with Crippen LogP contribution in [0.3, 0.4) is 0 Å². The van der Waals surface area contributed by atoms with Gasteiger partial charge >= 0.3 is 6.03 Å². The van der Waals surface area contributed by atoms with Gasteiger partial charge in [0.15, 0.2) is 5.16 Å². The van der Waals surface area contributed by atoms with Crippen LogP contribution >= 0.6 is 23.4 Å². The number of hydrogen-bond donors (Lipinski definition) is 2. The average molecular weight is 365 g/mol. The molecule has 1 saturated carbocycles. The first-order chi connectivity index (χ1) is 11.5. The van der Waals surface area contributed by atoms with Crippen molar-refractivity contribution in [1.82, 2.24) is 20.2 Å². The van der Waals surface area contributed by atoms with Crippen molar-refractivity contribution in [3.63, 3.8) is 0 Å². The molecule has 0 atom stereocenters. The molecule has 8 heteroatoms. The molecule has 1 fully saturated rings. The normalized spacial score (nSPS) is 13.6. The third-order valence-electron chi connectivity index (χ3n) is 3.60. The zero-order valence-electron chi connectivity index (χ0n) is 13.1. The SMILES string of the molecule is Cc1c(Cl)cccc1-n1ccnc1SCC(=O)NC(=O)NC1CC1. The second-order valence-electron chi connectivity index (χ2n) is 5.55. The number of amides is 3. The lowest BCUT2D eigenvalue weighted by Gasteiger charge is -2.11. The molecule has 126 valence electrons. The van der Waals surface area contributed by atoms with Gasteiger partial charge in [0.2, 0.25) is 5.91 Å². The van der Waals surface area contributed by atoms with Gasteiger partial charge in [-0.15, -0.1) is 0 Å². The van der Waals surface area contributed by atoms with Crippen LogP contribution in [0, 0.1) is 6.92 Å². The van der Waals surface area contributed by atoms with Crippen LogP contribution in [0.1, 0.15) is 18.4 Å². The molecule has 0 bridgehead atoms.